The molecule has 0 N–H and O–H groups in total. The van der Waals surface area contributed by atoms with Gasteiger partial charge in [-0.2, -0.15) is 0 Å². The van der Waals surface area contributed by atoms with Crippen molar-refractivity contribution in [3.63, 3.8) is 0 Å². The molecule has 1 fully saturated rings. The Kier molecular flexibility index (Phi) is 6.23. The van der Waals surface area contributed by atoms with Crippen molar-refractivity contribution in [2.75, 3.05) is 43.3 Å². The molecule has 0 aromatic heterocycles. The van der Waals surface area contributed by atoms with Crippen molar-refractivity contribution in [2.24, 2.45) is 0 Å². The van der Waals surface area contributed by atoms with Gasteiger partial charge in [0.2, 0.25) is 15.9 Å². The van der Waals surface area contributed by atoms with E-state index in [2.05, 4.69) is 11.8 Å². The monoisotopic (exact) mass is 353 g/mol. The number of para-hydroxylation sites is 1. The van der Waals surface area contributed by atoms with Crippen LogP contribution in [0.15, 0.2) is 30.3 Å². The number of benzene rings is 1. The normalized spacial score (nSPS) is 17.5. The van der Waals surface area contributed by atoms with Gasteiger partial charge in [0, 0.05) is 26.2 Å². The summed E-state index contributed by atoms with van der Waals surface area (Å²) in [6, 6.07) is 8.15. The lowest BCUT2D eigenvalue weighted by Gasteiger charge is -2.38. The molecule has 6 nitrogen and oxygen atoms in total. The van der Waals surface area contributed by atoms with E-state index in [0.717, 1.165) is 25.9 Å². The molecule has 24 heavy (non-hydrogen) atoms. The van der Waals surface area contributed by atoms with Gasteiger partial charge in [0.1, 0.15) is 6.04 Å². The fourth-order valence-corrected chi connectivity index (χ4v) is 4.32. The standard InChI is InChI=1S/C17H27N3O3S/c1-4-16(17(21)19-13-11-18(5-2)12-14-19)20(24(3,22)23)15-9-7-6-8-10-15/h6-10,16H,4-5,11-14H2,1-3H3/t16-/m0/s1. The number of likely N-dealkylation sites (N-methyl/N-ethyl adjacent to an activating group) is 1. The number of piperazine rings is 1. The van der Waals surface area contributed by atoms with Crippen molar-refractivity contribution in [1.82, 2.24) is 9.80 Å². The van der Waals surface area contributed by atoms with Crippen LogP contribution in [0.1, 0.15) is 20.3 Å². The summed E-state index contributed by atoms with van der Waals surface area (Å²) >= 11 is 0. The molecule has 1 aromatic carbocycles. The Morgan fingerprint density at radius 2 is 1.71 bits per heavy atom. The number of hydrogen-bond donors (Lipinski definition) is 0. The molecule has 1 heterocycles. The van der Waals surface area contributed by atoms with Gasteiger partial charge in [-0.3, -0.25) is 9.10 Å². The number of anilines is 1. The average Bonchev–Trinajstić information content (AvgIpc) is 2.58. The maximum Gasteiger partial charge on any atom is 0.246 e. The summed E-state index contributed by atoms with van der Waals surface area (Å²) in [6.45, 7) is 7.90. The van der Waals surface area contributed by atoms with E-state index in [4.69, 9.17) is 0 Å². The molecule has 1 aliphatic heterocycles. The topological polar surface area (TPSA) is 60.9 Å². The second-order valence-electron chi connectivity index (χ2n) is 6.08. The minimum atomic E-state index is -3.55. The Balaban J connectivity index is 2.25. The molecule has 1 amide bonds. The van der Waals surface area contributed by atoms with Crippen LogP contribution in [0.2, 0.25) is 0 Å². The summed E-state index contributed by atoms with van der Waals surface area (Å²) in [4.78, 5) is 17.1. The molecule has 1 aromatic rings. The van der Waals surface area contributed by atoms with Crippen LogP contribution < -0.4 is 4.31 Å². The van der Waals surface area contributed by atoms with Crippen LogP contribution >= 0.6 is 0 Å². The van der Waals surface area contributed by atoms with Crippen LogP contribution in [0, 0.1) is 0 Å². The second kappa shape index (κ2) is 7.98. The van der Waals surface area contributed by atoms with Crippen LogP contribution in [0.3, 0.4) is 0 Å². The third-order valence-corrected chi connectivity index (χ3v) is 5.63. The van der Waals surface area contributed by atoms with Crippen LogP contribution in [0.5, 0.6) is 0 Å². The molecule has 0 aliphatic carbocycles. The maximum absolute atomic E-state index is 13.0. The van der Waals surface area contributed by atoms with Crippen molar-refractivity contribution >= 4 is 21.6 Å². The minimum Gasteiger partial charge on any atom is -0.338 e. The Labute approximate surface area is 145 Å². The summed E-state index contributed by atoms with van der Waals surface area (Å²) in [7, 11) is -3.55. The third kappa shape index (κ3) is 4.27. The largest absolute Gasteiger partial charge is 0.338 e. The molecule has 134 valence electrons. The van der Waals surface area contributed by atoms with Gasteiger partial charge in [0.25, 0.3) is 0 Å². The molecule has 0 unspecified atom stereocenters. The van der Waals surface area contributed by atoms with E-state index in [1.54, 1.807) is 29.2 Å². The molecular weight excluding hydrogens is 326 g/mol. The molecule has 0 bridgehead atoms. The Bertz CT molecular complexity index is 640. The van der Waals surface area contributed by atoms with Gasteiger partial charge in [0.15, 0.2) is 0 Å². The van der Waals surface area contributed by atoms with E-state index < -0.39 is 16.1 Å². The smallest absolute Gasteiger partial charge is 0.246 e. The molecule has 0 saturated carbocycles. The Morgan fingerprint density at radius 1 is 1.12 bits per heavy atom. The molecule has 0 spiro atoms. The van der Waals surface area contributed by atoms with Crippen molar-refractivity contribution in [3.8, 4) is 0 Å². The summed E-state index contributed by atoms with van der Waals surface area (Å²) in [6.07, 6.45) is 1.60. The highest BCUT2D eigenvalue weighted by Crippen LogP contribution is 2.23. The zero-order valence-electron chi connectivity index (χ0n) is 14.7. The zero-order chi connectivity index (χ0) is 17.7. The molecule has 1 atom stereocenters. The number of sulfonamides is 1. The highest BCUT2D eigenvalue weighted by molar-refractivity contribution is 7.92. The number of carbonyl (C=O) groups excluding carboxylic acids is 1. The Morgan fingerprint density at radius 3 is 2.17 bits per heavy atom. The first-order valence-corrected chi connectivity index (χ1v) is 10.3. The third-order valence-electron chi connectivity index (χ3n) is 4.45. The number of rotatable bonds is 6. The van der Waals surface area contributed by atoms with Crippen LogP contribution in [-0.2, 0) is 14.8 Å². The van der Waals surface area contributed by atoms with Crippen molar-refractivity contribution in [1.29, 1.82) is 0 Å². The van der Waals surface area contributed by atoms with Gasteiger partial charge in [0.05, 0.1) is 11.9 Å². The van der Waals surface area contributed by atoms with Gasteiger partial charge >= 0.3 is 0 Å². The lowest BCUT2D eigenvalue weighted by molar-refractivity contribution is -0.134. The fourth-order valence-electron chi connectivity index (χ4n) is 3.11. The predicted octanol–water partition coefficient (Wildman–Crippen LogP) is 1.40. The van der Waals surface area contributed by atoms with E-state index in [1.807, 2.05) is 13.0 Å². The molecule has 7 heteroatoms. The van der Waals surface area contributed by atoms with Gasteiger partial charge in [-0.25, -0.2) is 8.42 Å². The van der Waals surface area contributed by atoms with Crippen LogP contribution in [0.4, 0.5) is 5.69 Å². The first-order valence-electron chi connectivity index (χ1n) is 8.44. The number of nitrogens with zero attached hydrogens (tertiary/aromatic N) is 3. The van der Waals surface area contributed by atoms with Crippen LogP contribution in [0.25, 0.3) is 0 Å². The average molecular weight is 353 g/mol. The van der Waals surface area contributed by atoms with Gasteiger partial charge in [-0.05, 0) is 25.1 Å². The minimum absolute atomic E-state index is 0.109. The predicted molar refractivity (Wildman–Crippen MR) is 96.5 cm³/mol. The van der Waals surface area contributed by atoms with E-state index >= 15 is 0 Å². The van der Waals surface area contributed by atoms with Crippen molar-refractivity contribution in [3.05, 3.63) is 30.3 Å². The number of hydrogen-bond acceptors (Lipinski definition) is 4. The SMILES string of the molecule is CC[C@@H](C(=O)N1CCN(CC)CC1)N(c1ccccc1)S(C)(=O)=O. The van der Waals surface area contributed by atoms with Gasteiger partial charge in [-0.1, -0.05) is 32.0 Å². The fraction of sp³-hybridized carbons (Fsp3) is 0.588. The Hall–Kier alpha value is -1.60. The number of carbonyl (C=O) groups is 1. The molecular formula is C17H27N3O3S. The van der Waals surface area contributed by atoms with E-state index in [-0.39, 0.29) is 5.91 Å². The van der Waals surface area contributed by atoms with Crippen LogP contribution in [-0.4, -0.2) is 69.1 Å². The summed E-state index contributed by atoms with van der Waals surface area (Å²) in [5.41, 5.74) is 0.535. The lowest BCUT2D eigenvalue weighted by atomic mass is 10.1. The summed E-state index contributed by atoms with van der Waals surface area (Å²) < 4.78 is 26.0. The lowest BCUT2D eigenvalue weighted by Crippen LogP contribution is -2.55. The van der Waals surface area contributed by atoms with E-state index in [9.17, 15) is 13.2 Å². The van der Waals surface area contributed by atoms with Crippen molar-refractivity contribution < 1.29 is 13.2 Å². The van der Waals surface area contributed by atoms with E-state index in [0.29, 0.717) is 25.2 Å². The first kappa shape index (κ1) is 18.7. The highest BCUT2D eigenvalue weighted by Gasteiger charge is 2.35. The summed E-state index contributed by atoms with van der Waals surface area (Å²) in [5.74, 6) is -0.109. The second-order valence-corrected chi connectivity index (χ2v) is 7.94. The molecule has 0 radical (unpaired) electrons. The molecule has 2 rings (SSSR count). The first-order chi connectivity index (χ1) is 11.4. The van der Waals surface area contributed by atoms with Gasteiger partial charge in [-0.15, -0.1) is 0 Å². The summed E-state index contributed by atoms with van der Waals surface area (Å²) in [5, 5.41) is 0. The van der Waals surface area contributed by atoms with E-state index in [1.165, 1.54) is 4.31 Å². The molecule has 1 aliphatic rings. The quantitative estimate of drug-likeness (QED) is 0.775. The highest BCUT2D eigenvalue weighted by atomic mass is 32.2. The zero-order valence-corrected chi connectivity index (χ0v) is 15.5. The van der Waals surface area contributed by atoms with Gasteiger partial charge < -0.3 is 9.80 Å². The number of amides is 1. The van der Waals surface area contributed by atoms with Crippen molar-refractivity contribution in [2.45, 2.75) is 26.3 Å². The maximum atomic E-state index is 13.0. The molecule has 1 saturated heterocycles.